The van der Waals surface area contributed by atoms with Crippen LogP contribution in [0.25, 0.3) is 0 Å². The molecule has 0 unspecified atom stereocenters. The smallest absolute Gasteiger partial charge is 0.293 e. The summed E-state index contributed by atoms with van der Waals surface area (Å²) in [6, 6.07) is 8.80. The standard InChI is InChI=1S/C20H21Cl2N5O2/c21-15-5-4-14(17(22)10-15)11-27-13-23-20(25-27)24-19(28)18-7-6-16(29-18)12-26-8-2-1-3-9-26/h4-7,10,13H,1-3,8-9,11-12H2,(H,24,25,28). The summed E-state index contributed by atoms with van der Waals surface area (Å²) >= 11 is 12.1. The molecule has 2 aromatic heterocycles. The van der Waals surface area contributed by atoms with Gasteiger partial charge < -0.3 is 4.42 Å². The van der Waals surface area contributed by atoms with Gasteiger partial charge in [-0.3, -0.25) is 15.0 Å². The number of anilines is 1. The second-order valence-corrected chi connectivity index (χ2v) is 7.90. The van der Waals surface area contributed by atoms with E-state index in [1.54, 1.807) is 22.9 Å². The van der Waals surface area contributed by atoms with Crippen molar-refractivity contribution in [2.24, 2.45) is 0 Å². The number of amides is 1. The molecule has 29 heavy (non-hydrogen) atoms. The summed E-state index contributed by atoms with van der Waals surface area (Å²) in [6.45, 7) is 3.28. The molecule has 0 spiro atoms. The first-order valence-corrected chi connectivity index (χ1v) is 10.3. The normalized spacial score (nSPS) is 14.8. The van der Waals surface area contributed by atoms with Crippen LogP contribution < -0.4 is 5.32 Å². The number of nitrogens with zero attached hydrogens (tertiary/aromatic N) is 4. The Balaban J connectivity index is 1.35. The van der Waals surface area contributed by atoms with Crippen molar-refractivity contribution in [3.8, 4) is 0 Å². The van der Waals surface area contributed by atoms with Crippen molar-refractivity contribution in [2.75, 3.05) is 18.4 Å². The molecule has 1 N–H and O–H groups in total. The van der Waals surface area contributed by atoms with Crippen molar-refractivity contribution in [3.05, 3.63) is 63.8 Å². The molecule has 1 aliphatic rings. The molecule has 1 aromatic carbocycles. The van der Waals surface area contributed by atoms with Gasteiger partial charge in [0.25, 0.3) is 5.91 Å². The predicted molar refractivity (Wildman–Crippen MR) is 111 cm³/mol. The van der Waals surface area contributed by atoms with Crippen molar-refractivity contribution < 1.29 is 9.21 Å². The highest BCUT2D eigenvalue weighted by molar-refractivity contribution is 6.35. The van der Waals surface area contributed by atoms with E-state index in [4.69, 9.17) is 27.6 Å². The van der Waals surface area contributed by atoms with E-state index < -0.39 is 0 Å². The van der Waals surface area contributed by atoms with Crippen LogP contribution in [0.5, 0.6) is 0 Å². The molecule has 9 heteroatoms. The van der Waals surface area contributed by atoms with Gasteiger partial charge in [0.2, 0.25) is 5.95 Å². The van der Waals surface area contributed by atoms with Crippen LogP contribution in [0, 0.1) is 0 Å². The number of nitrogens with one attached hydrogen (secondary N) is 1. The number of hydrogen-bond acceptors (Lipinski definition) is 5. The first-order valence-electron chi connectivity index (χ1n) is 9.52. The minimum Gasteiger partial charge on any atom is -0.455 e. The van der Waals surface area contributed by atoms with Crippen LogP contribution in [-0.4, -0.2) is 38.7 Å². The Labute approximate surface area is 178 Å². The number of carbonyl (C=O) groups excluding carboxylic acids is 1. The van der Waals surface area contributed by atoms with Gasteiger partial charge in [0.05, 0.1) is 13.1 Å². The fraction of sp³-hybridized carbons (Fsp3) is 0.350. The van der Waals surface area contributed by atoms with Gasteiger partial charge in [0.1, 0.15) is 12.1 Å². The number of aromatic nitrogens is 3. The van der Waals surface area contributed by atoms with Crippen molar-refractivity contribution in [1.82, 2.24) is 19.7 Å². The van der Waals surface area contributed by atoms with E-state index >= 15 is 0 Å². The van der Waals surface area contributed by atoms with Gasteiger partial charge in [-0.2, -0.15) is 0 Å². The first kappa shape index (κ1) is 19.9. The Hall–Kier alpha value is -2.35. The molecule has 152 valence electrons. The number of carbonyl (C=O) groups is 1. The van der Waals surface area contributed by atoms with E-state index in [2.05, 4.69) is 20.3 Å². The van der Waals surface area contributed by atoms with E-state index in [-0.39, 0.29) is 17.6 Å². The number of furan rings is 1. The van der Waals surface area contributed by atoms with Crippen LogP contribution in [-0.2, 0) is 13.1 Å². The van der Waals surface area contributed by atoms with E-state index in [0.717, 1.165) is 31.0 Å². The topological polar surface area (TPSA) is 76.2 Å². The van der Waals surface area contributed by atoms with Crippen molar-refractivity contribution in [1.29, 1.82) is 0 Å². The van der Waals surface area contributed by atoms with Gasteiger partial charge in [0, 0.05) is 10.0 Å². The van der Waals surface area contributed by atoms with E-state index in [9.17, 15) is 4.79 Å². The maximum absolute atomic E-state index is 12.4. The average Bonchev–Trinajstić information content (AvgIpc) is 3.34. The number of hydrogen-bond donors (Lipinski definition) is 1. The summed E-state index contributed by atoms with van der Waals surface area (Å²) in [5.41, 5.74) is 0.854. The van der Waals surface area contributed by atoms with Crippen LogP contribution in [0.3, 0.4) is 0 Å². The average molecular weight is 434 g/mol. The van der Waals surface area contributed by atoms with Gasteiger partial charge in [0.15, 0.2) is 5.76 Å². The monoisotopic (exact) mass is 433 g/mol. The van der Waals surface area contributed by atoms with E-state index in [1.807, 2.05) is 12.1 Å². The van der Waals surface area contributed by atoms with Gasteiger partial charge in [-0.25, -0.2) is 9.67 Å². The number of piperidine rings is 1. The SMILES string of the molecule is O=C(Nc1ncn(Cc2ccc(Cl)cc2Cl)n1)c1ccc(CN2CCCCC2)o1. The number of halogens is 2. The first-order chi connectivity index (χ1) is 14.1. The minimum absolute atomic E-state index is 0.203. The third-order valence-electron chi connectivity index (χ3n) is 4.82. The maximum Gasteiger partial charge on any atom is 0.293 e. The zero-order valence-corrected chi connectivity index (χ0v) is 17.3. The van der Waals surface area contributed by atoms with E-state index in [1.165, 1.54) is 25.6 Å². The molecule has 7 nitrogen and oxygen atoms in total. The molecule has 1 amide bonds. The van der Waals surface area contributed by atoms with Crippen LogP contribution >= 0.6 is 23.2 Å². The molecule has 1 fully saturated rings. The lowest BCUT2D eigenvalue weighted by Gasteiger charge is -2.25. The molecule has 3 aromatic rings. The lowest BCUT2D eigenvalue weighted by atomic mass is 10.1. The van der Waals surface area contributed by atoms with Gasteiger partial charge in [-0.1, -0.05) is 35.7 Å². The van der Waals surface area contributed by atoms with E-state index in [0.29, 0.717) is 16.6 Å². The number of likely N-dealkylation sites (tertiary alicyclic amines) is 1. The molecule has 4 rings (SSSR count). The Kier molecular flexibility index (Phi) is 6.18. The fourth-order valence-corrected chi connectivity index (χ4v) is 3.81. The summed E-state index contributed by atoms with van der Waals surface area (Å²) in [4.78, 5) is 18.9. The Morgan fingerprint density at radius 1 is 1.10 bits per heavy atom. The molecule has 0 aliphatic carbocycles. The summed E-state index contributed by atoms with van der Waals surface area (Å²) < 4.78 is 7.30. The number of rotatable bonds is 6. The molecule has 1 saturated heterocycles. The highest BCUT2D eigenvalue weighted by atomic mass is 35.5. The zero-order valence-electron chi connectivity index (χ0n) is 15.8. The highest BCUT2D eigenvalue weighted by Gasteiger charge is 2.16. The summed E-state index contributed by atoms with van der Waals surface area (Å²) in [7, 11) is 0. The summed E-state index contributed by atoms with van der Waals surface area (Å²) in [6.07, 6.45) is 5.24. The maximum atomic E-state index is 12.4. The number of benzene rings is 1. The lowest BCUT2D eigenvalue weighted by molar-refractivity contribution is 0.0991. The molecule has 0 saturated carbocycles. The Bertz CT molecular complexity index is 994. The molecular formula is C20H21Cl2N5O2. The third kappa shape index (κ3) is 5.18. The molecule has 0 radical (unpaired) electrons. The van der Waals surface area contributed by atoms with Crippen LogP contribution in [0.15, 0.2) is 41.1 Å². The van der Waals surface area contributed by atoms with Gasteiger partial charge >= 0.3 is 0 Å². The second kappa shape index (κ2) is 8.98. The van der Waals surface area contributed by atoms with Crippen LogP contribution in [0.2, 0.25) is 10.0 Å². The fourth-order valence-electron chi connectivity index (χ4n) is 3.34. The molecule has 3 heterocycles. The van der Waals surface area contributed by atoms with Crippen LogP contribution in [0.1, 0.15) is 41.1 Å². The van der Waals surface area contributed by atoms with Gasteiger partial charge in [-0.15, -0.1) is 5.10 Å². The van der Waals surface area contributed by atoms with Gasteiger partial charge in [-0.05, 0) is 55.8 Å². The van der Waals surface area contributed by atoms with Crippen LogP contribution in [0.4, 0.5) is 5.95 Å². The van der Waals surface area contributed by atoms with Crippen molar-refractivity contribution in [3.63, 3.8) is 0 Å². The quantitative estimate of drug-likeness (QED) is 0.620. The molecule has 0 bridgehead atoms. The molecule has 0 atom stereocenters. The minimum atomic E-state index is -0.378. The Morgan fingerprint density at radius 2 is 1.93 bits per heavy atom. The Morgan fingerprint density at radius 3 is 2.72 bits per heavy atom. The molecular weight excluding hydrogens is 413 g/mol. The summed E-state index contributed by atoms with van der Waals surface area (Å²) in [5, 5.41) is 8.05. The molecule has 1 aliphatic heterocycles. The zero-order chi connectivity index (χ0) is 20.2. The van der Waals surface area contributed by atoms with Crippen molar-refractivity contribution >= 4 is 35.1 Å². The highest BCUT2D eigenvalue weighted by Crippen LogP contribution is 2.22. The lowest BCUT2D eigenvalue weighted by Crippen LogP contribution is -2.28. The largest absolute Gasteiger partial charge is 0.455 e. The second-order valence-electron chi connectivity index (χ2n) is 7.06. The summed E-state index contributed by atoms with van der Waals surface area (Å²) in [5.74, 6) is 0.855. The van der Waals surface area contributed by atoms with Crippen molar-refractivity contribution in [2.45, 2.75) is 32.4 Å². The third-order valence-corrected chi connectivity index (χ3v) is 5.41. The predicted octanol–water partition coefficient (Wildman–Crippen LogP) is 4.46.